The molecule has 0 amide bonds. The summed E-state index contributed by atoms with van der Waals surface area (Å²) in [5.41, 5.74) is 2.22. The van der Waals surface area contributed by atoms with Gasteiger partial charge in [0, 0.05) is 10.7 Å². The molecule has 0 fully saturated rings. The van der Waals surface area contributed by atoms with Crippen molar-refractivity contribution in [1.82, 2.24) is 0 Å². The molecule has 0 spiro atoms. The second-order valence-corrected chi connectivity index (χ2v) is 6.80. The summed E-state index contributed by atoms with van der Waals surface area (Å²) in [6.45, 7) is 0. The average Bonchev–Trinajstić information content (AvgIpc) is 2.15. The van der Waals surface area contributed by atoms with Crippen LogP contribution >= 0.6 is 15.9 Å². The van der Waals surface area contributed by atoms with E-state index in [1.165, 1.54) is 11.8 Å². The molecule has 82 valence electrons. The summed E-state index contributed by atoms with van der Waals surface area (Å²) in [4.78, 5) is 0.500. The molecule has 0 N–H and O–H groups in total. The highest BCUT2D eigenvalue weighted by Crippen LogP contribution is 2.32. The van der Waals surface area contributed by atoms with Crippen molar-refractivity contribution in [1.29, 1.82) is 0 Å². The lowest BCUT2D eigenvalue weighted by Gasteiger charge is -2.19. The van der Waals surface area contributed by atoms with E-state index in [0.717, 1.165) is 31.2 Å². The quantitative estimate of drug-likeness (QED) is 0.796. The number of benzene rings is 1. The number of aryl methyl sites for hydroxylation is 1. The van der Waals surface area contributed by atoms with Crippen molar-refractivity contribution in [2.45, 2.75) is 30.6 Å². The first-order valence-electron chi connectivity index (χ1n) is 5.00. The molecule has 1 aliphatic rings. The lowest BCUT2D eigenvalue weighted by atomic mass is 9.92. The Balaban J connectivity index is 2.71. The zero-order chi connectivity index (χ0) is 11.1. The predicted molar refractivity (Wildman–Crippen MR) is 63.9 cm³/mol. The third kappa shape index (κ3) is 2.11. The Morgan fingerprint density at radius 2 is 1.87 bits per heavy atom. The van der Waals surface area contributed by atoms with Crippen LogP contribution in [0, 0.1) is 0 Å². The molecule has 15 heavy (non-hydrogen) atoms. The van der Waals surface area contributed by atoms with Gasteiger partial charge in [0.15, 0.2) is 9.84 Å². The van der Waals surface area contributed by atoms with Gasteiger partial charge in [0.2, 0.25) is 0 Å². The maximum atomic E-state index is 11.7. The van der Waals surface area contributed by atoms with Crippen LogP contribution in [0.5, 0.6) is 0 Å². The summed E-state index contributed by atoms with van der Waals surface area (Å²) in [6, 6.07) is 3.88. The first-order valence-corrected chi connectivity index (χ1v) is 7.69. The molecule has 2 rings (SSSR count). The van der Waals surface area contributed by atoms with Crippen LogP contribution in [0.3, 0.4) is 0 Å². The van der Waals surface area contributed by atoms with Gasteiger partial charge in [0.05, 0.1) is 4.90 Å². The van der Waals surface area contributed by atoms with Crippen LogP contribution in [0.25, 0.3) is 0 Å². The van der Waals surface area contributed by atoms with Crippen LogP contribution in [0.1, 0.15) is 24.0 Å². The highest BCUT2D eigenvalue weighted by Gasteiger charge is 2.21. The van der Waals surface area contributed by atoms with Gasteiger partial charge >= 0.3 is 0 Å². The second-order valence-electron chi connectivity index (χ2n) is 3.99. The van der Waals surface area contributed by atoms with Crippen LogP contribution < -0.4 is 0 Å². The maximum Gasteiger partial charge on any atom is 0.176 e. The molecular weight excluding hydrogens is 276 g/mol. The van der Waals surface area contributed by atoms with Gasteiger partial charge in [-0.15, -0.1) is 0 Å². The lowest BCUT2D eigenvalue weighted by Crippen LogP contribution is -2.10. The molecule has 0 saturated heterocycles. The van der Waals surface area contributed by atoms with E-state index in [2.05, 4.69) is 15.9 Å². The highest BCUT2D eigenvalue weighted by molar-refractivity contribution is 9.10. The summed E-state index contributed by atoms with van der Waals surface area (Å²) in [5.74, 6) is 0. The van der Waals surface area contributed by atoms with E-state index in [-0.39, 0.29) is 0 Å². The van der Waals surface area contributed by atoms with E-state index >= 15 is 0 Å². The van der Waals surface area contributed by atoms with Gasteiger partial charge in [-0.05, 0) is 58.8 Å². The van der Waals surface area contributed by atoms with E-state index in [9.17, 15) is 8.42 Å². The first-order chi connectivity index (χ1) is 7.00. The van der Waals surface area contributed by atoms with Gasteiger partial charge in [-0.2, -0.15) is 0 Å². The minimum Gasteiger partial charge on any atom is -0.224 e. The van der Waals surface area contributed by atoms with Crippen molar-refractivity contribution < 1.29 is 8.42 Å². The number of hydrogen-bond donors (Lipinski definition) is 0. The fourth-order valence-corrected chi connectivity index (χ4v) is 4.52. The molecule has 1 aromatic rings. The monoisotopic (exact) mass is 288 g/mol. The molecule has 0 aliphatic heterocycles. The maximum absolute atomic E-state index is 11.7. The predicted octanol–water partition coefficient (Wildman–Crippen LogP) is 2.73. The fourth-order valence-electron chi connectivity index (χ4n) is 2.17. The third-order valence-electron chi connectivity index (χ3n) is 2.80. The Morgan fingerprint density at radius 1 is 1.20 bits per heavy atom. The zero-order valence-corrected chi connectivity index (χ0v) is 11.0. The molecule has 4 heteroatoms. The smallest absolute Gasteiger partial charge is 0.176 e. The fraction of sp³-hybridized carbons (Fsp3) is 0.455. The number of fused-ring (bicyclic) bond motifs is 1. The van der Waals surface area contributed by atoms with Crippen LogP contribution in [0.4, 0.5) is 0 Å². The Kier molecular flexibility index (Phi) is 2.90. The van der Waals surface area contributed by atoms with Crippen LogP contribution in [-0.4, -0.2) is 14.7 Å². The summed E-state index contributed by atoms with van der Waals surface area (Å²) in [5, 5.41) is 0. The Morgan fingerprint density at radius 3 is 2.53 bits per heavy atom. The molecular formula is C11H13BrO2S. The minimum absolute atomic E-state index is 0.500. The van der Waals surface area contributed by atoms with Crippen molar-refractivity contribution >= 4 is 25.8 Å². The van der Waals surface area contributed by atoms with Crippen molar-refractivity contribution in [3.8, 4) is 0 Å². The van der Waals surface area contributed by atoms with Gasteiger partial charge in [-0.1, -0.05) is 6.07 Å². The Labute approximate surface area is 98.7 Å². The SMILES string of the molecule is CS(=O)(=O)c1c(Br)ccc2c1CCCC2. The standard InChI is InChI=1S/C11H13BrO2S/c1-15(13,14)11-9-5-3-2-4-8(9)6-7-10(11)12/h6-7H,2-5H2,1H3. The molecule has 1 aromatic carbocycles. The molecule has 0 aromatic heterocycles. The van der Waals surface area contributed by atoms with E-state index in [0.29, 0.717) is 9.37 Å². The van der Waals surface area contributed by atoms with Gasteiger partial charge in [0.1, 0.15) is 0 Å². The summed E-state index contributed by atoms with van der Waals surface area (Å²) in [6.07, 6.45) is 5.42. The van der Waals surface area contributed by atoms with Crippen molar-refractivity contribution in [2.75, 3.05) is 6.26 Å². The molecule has 0 saturated carbocycles. The summed E-state index contributed by atoms with van der Waals surface area (Å²) >= 11 is 3.33. The first kappa shape index (κ1) is 11.1. The van der Waals surface area contributed by atoms with E-state index in [1.807, 2.05) is 12.1 Å². The van der Waals surface area contributed by atoms with E-state index in [4.69, 9.17) is 0 Å². The number of halogens is 1. The Hall–Kier alpha value is -0.350. The molecule has 0 heterocycles. The molecule has 0 radical (unpaired) electrons. The molecule has 1 aliphatic carbocycles. The largest absolute Gasteiger partial charge is 0.224 e. The number of rotatable bonds is 1. The lowest BCUT2D eigenvalue weighted by molar-refractivity contribution is 0.596. The Bertz CT molecular complexity index is 492. The van der Waals surface area contributed by atoms with Crippen LogP contribution in [0.15, 0.2) is 21.5 Å². The van der Waals surface area contributed by atoms with Gasteiger partial charge in [0.25, 0.3) is 0 Å². The van der Waals surface area contributed by atoms with E-state index in [1.54, 1.807) is 0 Å². The van der Waals surface area contributed by atoms with Crippen LogP contribution in [0.2, 0.25) is 0 Å². The molecule has 0 unspecified atom stereocenters. The van der Waals surface area contributed by atoms with E-state index < -0.39 is 9.84 Å². The highest BCUT2D eigenvalue weighted by atomic mass is 79.9. The second kappa shape index (κ2) is 3.91. The van der Waals surface area contributed by atoms with Gasteiger partial charge in [-0.25, -0.2) is 8.42 Å². The van der Waals surface area contributed by atoms with Crippen molar-refractivity contribution in [2.24, 2.45) is 0 Å². The van der Waals surface area contributed by atoms with Crippen molar-refractivity contribution in [3.63, 3.8) is 0 Å². The summed E-state index contributed by atoms with van der Waals surface area (Å²) < 4.78 is 24.1. The van der Waals surface area contributed by atoms with Gasteiger partial charge < -0.3 is 0 Å². The van der Waals surface area contributed by atoms with Gasteiger partial charge in [-0.3, -0.25) is 0 Å². The number of sulfone groups is 1. The summed E-state index contributed by atoms with van der Waals surface area (Å²) in [7, 11) is -3.12. The molecule has 0 bridgehead atoms. The minimum atomic E-state index is -3.12. The normalized spacial score (nSPS) is 16.1. The van der Waals surface area contributed by atoms with Crippen LogP contribution in [-0.2, 0) is 22.7 Å². The number of hydrogen-bond acceptors (Lipinski definition) is 2. The average molecular weight is 289 g/mol. The third-order valence-corrected chi connectivity index (χ3v) is 4.93. The topological polar surface area (TPSA) is 34.1 Å². The molecule has 0 atom stereocenters. The zero-order valence-electron chi connectivity index (χ0n) is 8.59. The molecule has 2 nitrogen and oxygen atoms in total. The van der Waals surface area contributed by atoms with Crippen molar-refractivity contribution in [3.05, 3.63) is 27.7 Å².